The van der Waals surface area contributed by atoms with Gasteiger partial charge in [-0.15, -0.1) is 0 Å². The van der Waals surface area contributed by atoms with Crippen molar-refractivity contribution in [2.24, 2.45) is 0 Å². The van der Waals surface area contributed by atoms with E-state index in [9.17, 15) is 29.6 Å². The summed E-state index contributed by atoms with van der Waals surface area (Å²) in [5.74, 6) is -1.16. The topological polar surface area (TPSA) is 181 Å². The molecule has 0 unspecified atom stereocenters. The number of hydroxylamine groups is 1. The summed E-state index contributed by atoms with van der Waals surface area (Å²) in [5, 5.41) is 42.2. The lowest BCUT2D eigenvalue weighted by molar-refractivity contribution is -0.135. The fourth-order valence-corrected chi connectivity index (χ4v) is 5.93. The Bertz CT molecular complexity index is 2000. The Morgan fingerprint density at radius 1 is 1.10 bits per heavy atom. The lowest BCUT2D eigenvalue weighted by atomic mass is 9.89. The van der Waals surface area contributed by atoms with Crippen LogP contribution in [0.1, 0.15) is 35.1 Å². The van der Waals surface area contributed by atoms with Crippen molar-refractivity contribution < 1.29 is 33.8 Å². The summed E-state index contributed by atoms with van der Waals surface area (Å²) in [7, 11) is 1.45. The number of pyridine rings is 1. The van der Waals surface area contributed by atoms with E-state index >= 15 is 0 Å². The van der Waals surface area contributed by atoms with Crippen LogP contribution in [0.2, 0.25) is 0 Å². The van der Waals surface area contributed by atoms with Crippen LogP contribution in [0.4, 0.5) is 10.2 Å². The number of carbonyl (C=O) groups is 2. The van der Waals surface area contributed by atoms with Gasteiger partial charge in [0.2, 0.25) is 0 Å². The molecular weight excluding hydrogens is 643 g/mol. The molecule has 3 aromatic carbocycles. The summed E-state index contributed by atoms with van der Waals surface area (Å²) in [6.45, 7) is 1.97. The molecule has 12 nitrogen and oxygen atoms in total. The summed E-state index contributed by atoms with van der Waals surface area (Å²) < 4.78 is 24.8. The normalized spacial score (nSPS) is 13.2. The third-order valence-corrected chi connectivity index (χ3v) is 8.45. The molecule has 1 fully saturated rings. The van der Waals surface area contributed by atoms with Gasteiger partial charge in [-0.1, -0.05) is 36.4 Å². The SMILES string of the molecule is COc1ccc(-c2cnc(N3CCC(NCc4ccc(/C=C(/OC=O)C(=O)NO)cc4)CC3)c(CC#N)c2-c2ccc(C#N)c(F)c2)cc1O. The molecule has 0 spiro atoms. The molecule has 5 rings (SSSR count). The summed E-state index contributed by atoms with van der Waals surface area (Å²) >= 11 is 0. The number of piperidine rings is 1. The van der Waals surface area contributed by atoms with Gasteiger partial charge in [0, 0.05) is 43.0 Å². The van der Waals surface area contributed by atoms with Crippen molar-refractivity contribution in [2.45, 2.75) is 31.8 Å². The number of aromatic nitrogens is 1. The molecule has 1 saturated heterocycles. The molecule has 13 heteroatoms. The van der Waals surface area contributed by atoms with Crippen LogP contribution in [-0.2, 0) is 27.3 Å². The van der Waals surface area contributed by atoms with E-state index in [1.54, 1.807) is 36.5 Å². The second-order valence-electron chi connectivity index (χ2n) is 11.4. The Kier molecular flexibility index (Phi) is 11.4. The van der Waals surface area contributed by atoms with Crippen LogP contribution in [-0.4, -0.2) is 53.9 Å². The highest BCUT2D eigenvalue weighted by Crippen LogP contribution is 2.42. The van der Waals surface area contributed by atoms with E-state index < -0.39 is 11.7 Å². The number of nitriles is 2. The third kappa shape index (κ3) is 7.88. The highest BCUT2D eigenvalue weighted by molar-refractivity contribution is 5.96. The second-order valence-corrected chi connectivity index (χ2v) is 11.4. The molecule has 50 heavy (non-hydrogen) atoms. The van der Waals surface area contributed by atoms with E-state index in [0.717, 1.165) is 18.4 Å². The van der Waals surface area contributed by atoms with Gasteiger partial charge in [-0.25, -0.2) is 14.9 Å². The number of amides is 1. The minimum Gasteiger partial charge on any atom is -0.504 e. The van der Waals surface area contributed by atoms with E-state index in [-0.39, 0.29) is 41.8 Å². The average molecular weight is 677 g/mol. The number of anilines is 1. The third-order valence-electron chi connectivity index (χ3n) is 8.45. The smallest absolute Gasteiger partial charge is 0.310 e. The number of nitrogens with one attached hydrogen (secondary N) is 2. The fraction of sp³-hybridized carbons (Fsp3) is 0.216. The monoisotopic (exact) mass is 676 g/mol. The maximum atomic E-state index is 15.0. The number of benzene rings is 3. The van der Waals surface area contributed by atoms with Gasteiger partial charge < -0.3 is 24.8 Å². The lowest BCUT2D eigenvalue weighted by Gasteiger charge is -2.35. The summed E-state index contributed by atoms with van der Waals surface area (Å²) in [6.07, 6.45) is 4.55. The van der Waals surface area contributed by atoms with Crippen molar-refractivity contribution >= 4 is 24.3 Å². The van der Waals surface area contributed by atoms with Gasteiger partial charge in [0.15, 0.2) is 17.3 Å². The number of phenolic OH excluding ortho intramolecular Hbond substituents is 1. The van der Waals surface area contributed by atoms with Gasteiger partial charge in [-0.05, 0) is 71.0 Å². The van der Waals surface area contributed by atoms with Gasteiger partial charge in [-0.3, -0.25) is 14.8 Å². The number of hydrogen-bond acceptors (Lipinski definition) is 11. The van der Waals surface area contributed by atoms with Crippen LogP contribution in [0.3, 0.4) is 0 Å². The van der Waals surface area contributed by atoms with Crippen molar-refractivity contribution in [3.8, 4) is 45.9 Å². The standard InChI is InChI=1S/C37H33FN6O6/c1-49-33-9-8-25(18-32(33)46)30-21-42-36(29(10-13-39)35(30)26-6-7-27(19-40)31(38)17-26)44-14-11-28(12-15-44)41-20-24-4-2-23(3-5-24)16-34(50-22-45)37(47)43-48/h2-9,16-18,21-22,28,41,46,48H,10-12,14-15,20H2,1H3,(H,43,47)/b34-16+. The highest BCUT2D eigenvalue weighted by Gasteiger charge is 2.26. The number of methoxy groups -OCH3 is 1. The first-order valence-corrected chi connectivity index (χ1v) is 15.6. The number of carbonyl (C=O) groups excluding carboxylic acids is 2. The van der Waals surface area contributed by atoms with E-state index in [1.165, 1.54) is 36.9 Å². The second kappa shape index (κ2) is 16.2. The molecule has 0 bridgehead atoms. The van der Waals surface area contributed by atoms with Crippen LogP contribution in [0.5, 0.6) is 11.5 Å². The Labute approximate surface area is 287 Å². The zero-order valence-electron chi connectivity index (χ0n) is 27.0. The molecule has 0 aliphatic carbocycles. The molecule has 1 aliphatic rings. The molecular formula is C37H33FN6O6. The van der Waals surface area contributed by atoms with Gasteiger partial charge in [-0.2, -0.15) is 10.5 Å². The Balaban J connectivity index is 1.36. The van der Waals surface area contributed by atoms with E-state index in [2.05, 4.69) is 21.0 Å². The Morgan fingerprint density at radius 3 is 2.46 bits per heavy atom. The van der Waals surface area contributed by atoms with Crippen LogP contribution >= 0.6 is 0 Å². The van der Waals surface area contributed by atoms with E-state index in [0.29, 0.717) is 58.8 Å². The molecule has 1 aliphatic heterocycles. The van der Waals surface area contributed by atoms with Crippen LogP contribution in [0, 0.1) is 28.5 Å². The van der Waals surface area contributed by atoms with Gasteiger partial charge in [0.1, 0.15) is 17.7 Å². The first-order chi connectivity index (χ1) is 24.3. The van der Waals surface area contributed by atoms with Crippen molar-refractivity contribution in [1.82, 2.24) is 15.8 Å². The van der Waals surface area contributed by atoms with Gasteiger partial charge in [0.25, 0.3) is 6.47 Å². The molecule has 4 aromatic rings. The maximum Gasteiger partial charge on any atom is 0.310 e. The molecule has 254 valence electrons. The molecule has 4 N–H and O–H groups in total. The first kappa shape index (κ1) is 35.0. The van der Waals surface area contributed by atoms with Crippen molar-refractivity contribution in [3.63, 3.8) is 0 Å². The maximum absolute atomic E-state index is 15.0. The molecule has 0 saturated carbocycles. The molecule has 1 aromatic heterocycles. The number of rotatable bonds is 12. The number of hydrogen-bond donors (Lipinski definition) is 4. The van der Waals surface area contributed by atoms with Gasteiger partial charge in [0.05, 0.1) is 25.2 Å². The predicted molar refractivity (Wildman–Crippen MR) is 181 cm³/mol. The summed E-state index contributed by atoms with van der Waals surface area (Å²) in [5.41, 5.74) is 5.79. The molecule has 1 amide bonds. The summed E-state index contributed by atoms with van der Waals surface area (Å²) in [6, 6.07) is 20.8. The lowest BCUT2D eigenvalue weighted by Crippen LogP contribution is -2.43. The fourth-order valence-electron chi connectivity index (χ4n) is 5.93. The van der Waals surface area contributed by atoms with E-state index in [1.807, 2.05) is 18.2 Å². The average Bonchev–Trinajstić information content (AvgIpc) is 3.14. The Hall–Kier alpha value is -6.28. The van der Waals surface area contributed by atoms with Crippen molar-refractivity contribution in [3.05, 3.63) is 101 Å². The Morgan fingerprint density at radius 2 is 1.84 bits per heavy atom. The number of phenols is 1. The number of ether oxygens (including phenoxy) is 2. The number of halogens is 1. The summed E-state index contributed by atoms with van der Waals surface area (Å²) in [4.78, 5) is 29.3. The van der Waals surface area contributed by atoms with Crippen LogP contribution in [0.25, 0.3) is 28.3 Å². The molecule has 0 radical (unpaired) electrons. The first-order valence-electron chi connectivity index (χ1n) is 15.6. The van der Waals surface area contributed by atoms with Crippen molar-refractivity contribution in [2.75, 3.05) is 25.1 Å². The number of nitrogens with zero attached hydrogens (tertiary/aromatic N) is 4. The predicted octanol–water partition coefficient (Wildman–Crippen LogP) is 4.98. The van der Waals surface area contributed by atoms with Crippen molar-refractivity contribution in [1.29, 1.82) is 10.5 Å². The molecule has 2 heterocycles. The number of aromatic hydroxyl groups is 1. The quantitative estimate of drug-likeness (QED) is 0.0522. The highest BCUT2D eigenvalue weighted by atomic mass is 19.1. The zero-order chi connectivity index (χ0) is 35.6. The zero-order valence-corrected chi connectivity index (χ0v) is 27.0. The van der Waals surface area contributed by atoms with Gasteiger partial charge >= 0.3 is 5.91 Å². The largest absolute Gasteiger partial charge is 0.504 e. The van der Waals surface area contributed by atoms with Crippen LogP contribution < -0.4 is 20.4 Å². The molecule has 0 atom stereocenters. The van der Waals surface area contributed by atoms with E-state index in [4.69, 9.17) is 14.9 Å². The van der Waals surface area contributed by atoms with Crippen LogP contribution in [0.15, 0.2) is 72.6 Å². The minimum absolute atomic E-state index is 0.00787. The minimum atomic E-state index is -0.947.